The average Bonchev–Trinajstić information content (AvgIpc) is 2.29. The summed E-state index contributed by atoms with van der Waals surface area (Å²) in [5.41, 5.74) is 3.25. The molecular weight excluding hydrogens is 150 g/mol. The molecule has 2 nitrogen and oxygen atoms in total. The number of phenolic OH excluding ortho intramolecular Hbond substituents is 1. The summed E-state index contributed by atoms with van der Waals surface area (Å²) < 4.78 is 0. The number of aromatic amines is 1. The van der Waals surface area contributed by atoms with Crippen molar-refractivity contribution in [3.05, 3.63) is 29.5 Å². The molecule has 0 aliphatic rings. The van der Waals surface area contributed by atoms with Crippen LogP contribution in [0.25, 0.3) is 10.9 Å². The van der Waals surface area contributed by atoms with E-state index in [9.17, 15) is 5.11 Å². The van der Waals surface area contributed by atoms with Crippen LogP contribution in [0.4, 0.5) is 0 Å². The van der Waals surface area contributed by atoms with Crippen LogP contribution in [0.3, 0.4) is 0 Å². The van der Waals surface area contributed by atoms with Crippen molar-refractivity contribution in [2.24, 2.45) is 0 Å². The van der Waals surface area contributed by atoms with E-state index in [4.69, 9.17) is 0 Å². The Hall–Kier alpha value is -1.44. The highest BCUT2D eigenvalue weighted by atomic mass is 16.3. The van der Waals surface area contributed by atoms with Crippen molar-refractivity contribution in [1.82, 2.24) is 4.98 Å². The minimum absolute atomic E-state index is 0.356. The van der Waals surface area contributed by atoms with E-state index >= 15 is 0 Å². The van der Waals surface area contributed by atoms with E-state index in [1.54, 1.807) is 6.07 Å². The summed E-state index contributed by atoms with van der Waals surface area (Å²) in [6.45, 7) is 4.02. The predicted octanol–water partition coefficient (Wildman–Crippen LogP) is 2.49. The summed E-state index contributed by atoms with van der Waals surface area (Å²) >= 11 is 0. The summed E-state index contributed by atoms with van der Waals surface area (Å²) in [7, 11) is 0. The quantitative estimate of drug-likeness (QED) is 0.611. The summed E-state index contributed by atoms with van der Waals surface area (Å²) in [6, 6.07) is 5.52. The summed E-state index contributed by atoms with van der Waals surface area (Å²) in [5, 5.41) is 10.5. The zero-order valence-electron chi connectivity index (χ0n) is 7.18. The Kier molecular flexibility index (Phi) is 1.37. The largest absolute Gasteiger partial charge is 0.507 e. The lowest BCUT2D eigenvalue weighted by atomic mass is 10.1. The topological polar surface area (TPSA) is 36.0 Å². The zero-order chi connectivity index (χ0) is 8.72. The molecule has 12 heavy (non-hydrogen) atoms. The number of nitrogens with one attached hydrogen (secondary N) is 1. The van der Waals surface area contributed by atoms with E-state index in [0.717, 1.165) is 22.2 Å². The molecule has 0 unspecified atom stereocenters. The first-order valence-electron chi connectivity index (χ1n) is 3.97. The first-order valence-corrected chi connectivity index (χ1v) is 3.97. The Balaban J connectivity index is 2.97. The molecule has 0 bridgehead atoms. The van der Waals surface area contributed by atoms with E-state index in [2.05, 4.69) is 4.98 Å². The predicted molar refractivity (Wildman–Crippen MR) is 49.4 cm³/mol. The maximum Gasteiger partial charge on any atom is 0.125 e. The van der Waals surface area contributed by atoms with Gasteiger partial charge in [-0.15, -0.1) is 0 Å². The third kappa shape index (κ3) is 0.811. The fraction of sp³-hybridized carbons (Fsp3) is 0.200. The van der Waals surface area contributed by atoms with E-state index in [-0.39, 0.29) is 0 Å². The molecule has 0 aliphatic heterocycles. The highest BCUT2D eigenvalue weighted by molar-refractivity contribution is 5.89. The Morgan fingerprint density at radius 1 is 1.25 bits per heavy atom. The van der Waals surface area contributed by atoms with Gasteiger partial charge in [0.1, 0.15) is 5.75 Å². The molecule has 2 aromatic rings. The molecule has 0 saturated heterocycles. The number of H-pyrrole nitrogens is 1. The van der Waals surface area contributed by atoms with Gasteiger partial charge in [0, 0.05) is 16.6 Å². The van der Waals surface area contributed by atoms with Gasteiger partial charge in [-0.2, -0.15) is 0 Å². The van der Waals surface area contributed by atoms with Gasteiger partial charge in [0.15, 0.2) is 0 Å². The second kappa shape index (κ2) is 2.27. The molecule has 1 heterocycles. The van der Waals surface area contributed by atoms with Crippen molar-refractivity contribution in [1.29, 1.82) is 0 Å². The van der Waals surface area contributed by atoms with Crippen molar-refractivity contribution in [3.63, 3.8) is 0 Å². The minimum Gasteiger partial charge on any atom is -0.507 e. The number of fused-ring (bicyclic) bond motifs is 1. The van der Waals surface area contributed by atoms with Crippen LogP contribution in [-0.4, -0.2) is 10.1 Å². The fourth-order valence-electron chi connectivity index (χ4n) is 1.52. The Labute approximate surface area is 70.8 Å². The molecule has 0 aliphatic carbocycles. The molecule has 0 atom stereocenters. The third-order valence-electron chi connectivity index (χ3n) is 2.30. The van der Waals surface area contributed by atoms with Crippen LogP contribution in [0, 0.1) is 13.8 Å². The lowest BCUT2D eigenvalue weighted by Crippen LogP contribution is -1.72. The van der Waals surface area contributed by atoms with Crippen LogP contribution in [0.5, 0.6) is 5.75 Å². The fourth-order valence-corrected chi connectivity index (χ4v) is 1.52. The average molecular weight is 161 g/mol. The molecule has 1 aromatic heterocycles. The first-order chi connectivity index (χ1) is 5.70. The molecule has 0 amide bonds. The summed E-state index contributed by atoms with van der Waals surface area (Å²) in [4.78, 5) is 3.21. The van der Waals surface area contributed by atoms with Gasteiger partial charge in [0.05, 0.1) is 0 Å². The van der Waals surface area contributed by atoms with Crippen molar-refractivity contribution < 1.29 is 5.11 Å². The monoisotopic (exact) mass is 161 g/mol. The zero-order valence-corrected chi connectivity index (χ0v) is 7.18. The van der Waals surface area contributed by atoms with Gasteiger partial charge in [-0.05, 0) is 31.5 Å². The smallest absolute Gasteiger partial charge is 0.125 e. The highest BCUT2D eigenvalue weighted by Gasteiger charge is 2.06. The van der Waals surface area contributed by atoms with Gasteiger partial charge < -0.3 is 10.1 Å². The van der Waals surface area contributed by atoms with Gasteiger partial charge in [-0.3, -0.25) is 0 Å². The van der Waals surface area contributed by atoms with Gasteiger partial charge in [0.25, 0.3) is 0 Å². The standard InChI is InChI=1S/C10H11NO/c1-6-7(2)11-8-4-3-5-9(12)10(6)8/h3-5,11-12H,1-2H3. The van der Waals surface area contributed by atoms with Crippen LogP contribution in [-0.2, 0) is 0 Å². The number of hydrogen-bond acceptors (Lipinski definition) is 1. The lowest BCUT2D eigenvalue weighted by Gasteiger charge is -1.94. The third-order valence-corrected chi connectivity index (χ3v) is 2.30. The molecular formula is C10H11NO. The number of aromatic hydroxyl groups is 1. The van der Waals surface area contributed by atoms with Crippen LogP contribution in [0.1, 0.15) is 11.3 Å². The second-order valence-corrected chi connectivity index (χ2v) is 3.07. The lowest BCUT2D eigenvalue weighted by molar-refractivity contribution is 0.481. The Bertz CT molecular complexity index is 429. The van der Waals surface area contributed by atoms with Crippen LogP contribution in [0.2, 0.25) is 0 Å². The van der Waals surface area contributed by atoms with E-state index in [1.807, 2.05) is 26.0 Å². The Morgan fingerprint density at radius 2 is 2.00 bits per heavy atom. The molecule has 2 heteroatoms. The van der Waals surface area contributed by atoms with Gasteiger partial charge in [-0.25, -0.2) is 0 Å². The first kappa shape index (κ1) is 7.22. The minimum atomic E-state index is 0.356. The molecule has 0 spiro atoms. The summed E-state index contributed by atoms with van der Waals surface area (Å²) in [6.07, 6.45) is 0. The van der Waals surface area contributed by atoms with Gasteiger partial charge in [0.2, 0.25) is 0 Å². The van der Waals surface area contributed by atoms with E-state index < -0.39 is 0 Å². The van der Waals surface area contributed by atoms with Crippen LogP contribution in [0.15, 0.2) is 18.2 Å². The molecule has 1 aromatic carbocycles. The maximum atomic E-state index is 9.55. The number of aromatic nitrogens is 1. The molecule has 0 fully saturated rings. The number of aryl methyl sites for hydroxylation is 2. The van der Waals surface area contributed by atoms with Crippen molar-refractivity contribution >= 4 is 10.9 Å². The molecule has 2 rings (SSSR count). The maximum absolute atomic E-state index is 9.55. The van der Waals surface area contributed by atoms with Crippen LogP contribution < -0.4 is 0 Å². The van der Waals surface area contributed by atoms with E-state index in [0.29, 0.717) is 5.75 Å². The molecule has 0 saturated carbocycles. The number of hydrogen-bond donors (Lipinski definition) is 2. The van der Waals surface area contributed by atoms with Crippen LogP contribution >= 0.6 is 0 Å². The van der Waals surface area contributed by atoms with Gasteiger partial charge in [-0.1, -0.05) is 6.07 Å². The number of rotatable bonds is 0. The molecule has 0 radical (unpaired) electrons. The molecule has 62 valence electrons. The normalized spacial score (nSPS) is 10.8. The SMILES string of the molecule is Cc1[nH]c2cccc(O)c2c1C. The number of benzene rings is 1. The summed E-state index contributed by atoms with van der Waals surface area (Å²) in [5.74, 6) is 0.356. The Morgan fingerprint density at radius 3 is 2.67 bits per heavy atom. The van der Waals surface area contributed by atoms with Crippen molar-refractivity contribution in [3.8, 4) is 5.75 Å². The van der Waals surface area contributed by atoms with Crippen molar-refractivity contribution in [2.45, 2.75) is 13.8 Å². The second-order valence-electron chi connectivity index (χ2n) is 3.07. The highest BCUT2D eigenvalue weighted by Crippen LogP contribution is 2.28. The van der Waals surface area contributed by atoms with Gasteiger partial charge >= 0.3 is 0 Å². The van der Waals surface area contributed by atoms with Crippen molar-refractivity contribution in [2.75, 3.05) is 0 Å². The number of phenols is 1. The molecule has 2 N–H and O–H groups in total. The van der Waals surface area contributed by atoms with E-state index in [1.165, 1.54) is 0 Å².